The van der Waals surface area contributed by atoms with E-state index in [9.17, 15) is 22.0 Å². The second-order valence-corrected chi connectivity index (χ2v) is 10.4. The molecule has 31 heavy (non-hydrogen) atoms. The van der Waals surface area contributed by atoms with Crippen molar-refractivity contribution in [1.82, 2.24) is 18.9 Å². The average molecular weight is 477 g/mol. The third-order valence-electron chi connectivity index (χ3n) is 6.08. The molecule has 2 aromatic rings. The van der Waals surface area contributed by atoms with Gasteiger partial charge in [-0.3, -0.25) is 4.79 Å². The van der Waals surface area contributed by atoms with Gasteiger partial charge >= 0.3 is 0 Å². The number of hydrogen-bond acceptors (Lipinski definition) is 6. The Morgan fingerprint density at radius 2 is 2.10 bits per heavy atom. The first-order chi connectivity index (χ1) is 14.5. The monoisotopic (exact) mass is 476 g/mol. The lowest BCUT2D eigenvalue weighted by Gasteiger charge is -2.60. The Bertz CT molecular complexity index is 1110. The van der Waals surface area contributed by atoms with E-state index >= 15 is 0 Å². The molecule has 2 fully saturated rings. The van der Waals surface area contributed by atoms with Crippen LogP contribution in [0, 0.1) is 12.3 Å². The van der Waals surface area contributed by atoms with Crippen LogP contribution in [0.4, 0.5) is 14.6 Å². The number of aromatic nitrogens is 3. The van der Waals surface area contributed by atoms with Crippen molar-refractivity contribution in [2.75, 3.05) is 24.5 Å². The van der Waals surface area contributed by atoms with Crippen molar-refractivity contribution in [2.45, 2.75) is 45.1 Å². The molecule has 9 nitrogen and oxygen atoms in total. The van der Waals surface area contributed by atoms with Crippen LogP contribution in [0.2, 0.25) is 5.15 Å². The van der Waals surface area contributed by atoms with Gasteiger partial charge in [0.25, 0.3) is 10.2 Å². The van der Waals surface area contributed by atoms with Gasteiger partial charge in [-0.2, -0.15) is 17.8 Å². The quantitative estimate of drug-likeness (QED) is 0.621. The predicted molar refractivity (Wildman–Crippen MR) is 110 cm³/mol. The fourth-order valence-corrected chi connectivity index (χ4v) is 5.84. The fraction of sp³-hybridized carbons (Fsp3) is 0.611. The van der Waals surface area contributed by atoms with E-state index in [-0.39, 0.29) is 11.8 Å². The highest BCUT2D eigenvalue weighted by molar-refractivity contribution is 7.86. The van der Waals surface area contributed by atoms with Crippen molar-refractivity contribution in [3.8, 4) is 0 Å². The van der Waals surface area contributed by atoms with Gasteiger partial charge in [-0.15, -0.1) is 0 Å². The third-order valence-corrected chi connectivity index (χ3v) is 7.43. The molecule has 0 bridgehead atoms. The smallest absolute Gasteiger partial charge is 0.277 e. The fourth-order valence-electron chi connectivity index (χ4n) is 4.66. The lowest BCUT2D eigenvalue weighted by atomic mass is 9.60. The maximum Gasteiger partial charge on any atom is 0.277 e. The van der Waals surface area contributed by atoms with E-state index < -0.39 is 41.4 Å². The molecule has 1 saturated heterocycles. The highest BCUT2D eigenvalue weighted by Crippen LogP contribution is 2.52. The summed E-state index contributed by atoms with van der Waals surface area (Å²) in [4.78, 5) is 18.4. The zero-order valence-electron chi connectivity index (χ0n) is 16.8. The maximum atomic E-state index is 12.3. The summed E-state index contributed by atoms with van der Waals surface area (Å²) in [7, 11) is -4.12. The molecule has 1 aliphatic carbocycles. The van der Waals surface area contributed by atoms with Gasteiger partial charge in [0, 0.05) is 37.4 Å². The summed E-state index contributed by atoms with van der Waals surface area (Å²) in [6, 6.07) is 1.40. The van der Waals surface area contributed by atoms with Gasteiger partial charge in [0.2, 0.25) is 6.43 Å². The number of Topliss-reactive ketones (excluding diaryl/α,β-unsaturated/α-hetero) is 1. The minimum Gasteiger partial charge on any atom is -0.354 e. The first-order valence-electron chi connectivity index (χ1n) is 9.82. The van der Waals surface area contributed by atoms with Gasteiger partial charge < -0.3 is 4.90 Å². The Labute approximate surface area is 183 Å². The Morgan fingerprint density at radius 1 is 1.42 bits per heavy atom. The van der Waals surface area contributed by atoms with Crippen molar-refractivity contribution in [3.05, 3.63) is 23.1 Å². The van der Waals surface area contributed by atoms with Crippen LogP contribution in [0.15, 0.2) is 12.4 Å². The number of carbonyl (C=O) groups excluding carboxylic acids is 1. The van der Waals surface area contributed by atoms with Gasteiger partial charge in [0.15, 0.2) is 5.82 Å². The molecule has 4 rings (SSSR count). The molecule has 2 N–H and O–H groups in total. The average Bonchev–Trinajstić information content (AvgIpc) is 2.90. The lowest BCUT2D eigenvalue weighted by Crippen LogP contribution is -2.68. The van der Waals surface area contributed by atoms with Crippen LogP contribution in [-0.4, -0.2) is 65.2 Å². The van der Waals surface area contributed by atoms with Crippen molar-refractivity contribution < 1.29 is 22.0 Å². The summed E-state index contributed by atoms with van der Waals surface area (Å²) in [5, 5.41) is 9.96. The molecule has 1 spiro atoms. The standard InChI is InChI=1S/C18H23ClF2N6O3S/c1-11-4-14(19)27-16(11)17(23-10-24-27)25-8-18(9-25)5-12(6-18)26(31(22,29)30)7-13(28)2-3-15(20)21/h4,10,12,15H,2-3,5-9H2,1H3,(H2,22,29,30). The van der Waals surface area contributed by atoms with Crippen LogP contribution in [0.25, 0.3) is 5.52 Å². The number of alkyl halides is 2. The summed E-state index contributed by atoms with van der Waals surface area (Å²) in [5.74, 6) is 0.202. The molecular weight excluding hydrogens is 454 g/mol. The Kier molecular flexibility index (Phi) is 5.69. The number of hydrogen-bond donors (Lipinski definition) is 1. The number of fused-ring (bicyclic) bond motifs is 1. The van der Waals surface area contributed by atoms with Crippen LogP contribution in [0.3, 0.4) is 0 Å². The summed E-state index contributed by atoms with van der Waals surface area (Å²) in [5.41, 5.74) is 1.69. The van der Waals surface area contributed by atoms with Crippen molar-refractivity contribution in [1.29, 1.82) is 0 Å². The number of rotatable bonds is 8. The van der Waals surface area contributed by atoms with Gasteiger partial charge in [-0.25, -0.2) is 23.4 Å². The number of nitrogens with zero attached hydrogens (tertiary/aromatic N) is 5. The maximum absolute atomic E-state index is 12.3. The number of anilines is 1. The first kappa shape index (κ1) is 22.3. The molecule has 0 amide bonds. The Hall–Kier alpha value is -1.89. The molecule has 13 heteroatoms. The molecular formula is C18H23ClF2N6O3S. The molecule has 0 unspecified atom stereocenters. The number of halogens is 3. The van der Waals surface area contributed by atoms with E-state index in [0.29, 0.717) is 31.1 Å². The lowest BCUT2D eigenvalue weighted by molar-refractivity contribution is -0.121. The molecule has 2 aliphatic rings. The molecule has 3 heterocycles. The van der Waals surface area contributed by atoms with Gasteiger partial charge in [0.1, 0.15) is 22.8 Å². The number of nitrogens with two attached hydrogens (primary N) is 1. The van der Waals surface area contributed by atoms with E-state index in [4.69, 9.17) is 16.7 Å². The minimum absolute atomic E-state index is 0.0914. The Balaban J connectivity index is 1.40. The first-order valence-corrected chi connectivity index (χ1v) is 11.7. The van der Waals surface area contributed by atoms with E-state index in [1.807, 2.05) is 13.0 Å². The van der Waals surface area contributed by atoms with Crippen LogP contribution in [0.5, 0.6) is 0 Å². The topological polar surface area (TPSA) is 114 Å². The van der Waals surface area contributed by atoms with Crippen LogP contribution in [-0.2, 0) is 15.0 Å². The number of carbonyl (C=O) groups is 1. The highest BCUT2D eigenvalue weighted by Gasteiger charge is 2.56. The molecule has 1 aliphatic heterocycles. The Morgan fingerprint density at radius 3 is 2.71 bits per heavy atom. The molecule has 0 radical (unpaired) electrons. The molecule has 170 valence electrons. The van der Waals surface area contributed by atoms with E-state index in [0.717, 1.165) is 21.2 Å². The largest absolute Gasteiger partial charge is 0.354 e. The van der Waals surface area contributed by atoms with E-state index in [1.165, 1.54) is 6.33 Å². The summed E-state index contributed by atoms with van der Waals surface area (Å²) < 4.78 is 51.2. The van der Waals surface area contributed by atoms with E-state index in [1.54, 1.807) is 4.52 Å². The van der Waals surface area contributed by atoms with Crippen LogP contribution >= 0.6 is 11.6 Å². The third kappa shape index (κ3) is 4.26. The van der Waals surface area contributed by atoms with Crippen LogP contribution in [0.1, 0.15) is 31.2 Å². The zero-order valence-corrected chi connectivity index (χ0v) is 18.4. The summed E-state index contributed by atoms with van der Waals surface area (Å²) in [6.45, 7) is 2.81. The zero-order chi connectivity index (χ0) is 22.6. The normalized spacial score (nSPS) is 18.7. The SMILES string of the molecule is Cc1cc(Cl)n2ncnc(N3CC4(CC(N(CC(=O)CCC(F)F)S(N)(=O)=O)C4)C3)c12. The molecule has 0 aromatic carbocycles. The minimum atomic E-state index is -4.12. The summed E-state index contributed by atoms with van der Waals surface area (Å²) in [6.07, 6.45) is -1.04. The predicted octanol–water partition coefficient (Wildman–Crippen LogP) is 1.78. The molecule has 1 saturated carbocycles. The van der Waals surface area contributed by atoms with Gasteiger partial charge in [0.05, 0.1) is 6.54 Å². The van der Waals surface area contributed by atoms with Crippen molar-refractivity contribution in [3.63, 3.8) is 0 Å². The number of ketones is 1. The van der Waals surface area contributed by atoms with Gasteiger partial charge in [-0.05, 0) is 31.4 Å². The second-order valence-electron chi connectivity index (χ2n) is 8.47. The molecule has 2 aromatic heterocycles. The van der Waals surface area contributed by atoms with E-state index in [2.05, 4.69) is 15.0 Å². The number of aryl methyl sites for hydroxylation is 1. The van der Waals surface area contributed by atoms with Crippen molar-refractivity contribution >= 4 is 38.9 Å². The summed E-state index contributed by atoms with van der Waals surface area (Å²) >= 11 is 6.20. The second kappa shape index (κ2) is 7.91. The highest BCUT2D eigenvalue weighted by atomic mass is 35.5. The van der Waals surface area contributed by atoms with Crippen LogP contribution < -0.4 is 10.0 Å². The molecule has 0 atom stereocenters. The van der Waals surface area contributed by atoms with Crippen molar-refractivity contribution in [2.24, 2.45) is 10.6 Å². The van der Waals surface area contributed by atoms with Gasteiger partial charge in [-0.1, -0.05) is 11.6 Å².